The highest BCUT2D eigenvalue weighted by atomic mass is 32.1. The van der Waals surface area contributed by atoms with Crippen LogP contribution in [-0.2, 0) is 19.0 Å². The summed E-state index contributed by atoms with van der Waals surface area (Å²) in [6.07, 6.45) is 2.32. The number of fused-ring (bicyclic) bond motifs is 1. The van der Waals surface area contributed by atoms with E-state index in [0.717, 1.165) is 55.0 Å². The molecule has 3 heterocycles. The van der Waals surface area contributed by atoms with Crippen molar-refractivity contribution < 1.29 is 23.9 Å². The van der Waals surface area contributed by atoms with Gasteiger partial charge in [0.2, 0.25) is 5.76 Å². The normalized spacial score (nSPS) is 17.5. The van der Waals surface area contributed by atoms with Crippen LogP contribution in [0.2, 0.25) is 0 Å². The number of hydrogen-bond acceptors (Lipinski definition) is 6. The molecule has 0 atom stereocenters. The largest absolute Gasteiger partial charge is 0.494 e. The summed E-state index contributed by atoms with van der Waals surface area (Å²) >= 11 is 1.56. The van der Waals surface area contributed by atoms with Crippen molar-refractivity contribution >= 4 is 32.6 Å². The van der Waals surface area contributed by atoms with Gasteiger partial charge in [-0.3, -0.25) is 9.69 Å². The molecule has 8 heteroatoms. The molecule has 0 aliphatic carbocycles. The van der Waals surface area contributed by atoms with Crippen molar-refractivity contribution in [3.8, 4) is 0 Å². The summed E-state index contributed by atoms with van der Waals surface area (Å²) in [5, 5.41) is 0.714. The molecule has 0 saturated carbocycles. The number of quaternary nitrogens is 1. The Balaban J connectivity index is 1.56. The van der Waals surface area contributed by atoms with Gasteiger partial charge < -0.3 is 19.1 Å². The standard InChI is InChI=1S/C21H27N3O4S/c1-15-12-16(2)19-18(13-15)29-21(22-19)24(20(25)17-14-27-10-11-28-17)5-3-4-23-6-8-26-9-7-23/h12-14H,3-11H2,1-2H3/p+1. The van der Waals surface area contributed by atoms with Gasteiger partial charge in [0.25, 0.3) is 5.91 Å². The predicted octanol–water partition coefficient (Wildman–Crippen LogP) is 1.44. The van der Waals surface area contributed by atoms with Gasteiger partial charge in [0.15, 0.2) is 5.13 Å². The minimum absolute atomic E-state index is 0.185. The zero-order valence-electron chi connectivity index (χ0n) is 17.0. The Labute approximate surface area is 174 Å². The number of hydrogen-bond donors (Lipinski definition) is 1. The molecule has 1 amide bonds. The van der Waals surface area contributed by atoms with Gasteiger partial charge in [0, 0.05) is 13.0 Å². The van der Waals surface area contributed by atoms with Gasteiger partial charge in [-0.2, -0.15) is 0 Å². The number of morpholine rings is 1. The molecule has 1 fully saturated rings. The van der Waals surface area contributed by atoms with E-state index >= 15 is 0 Å². The van der Waals surface area contributed by atoms with E-state index in [1.807, 2.05) is 0 Å². The predicted molar refractivity (Wildman–Crippen MR) is 112 cm³/mol. The Morgan fingerprint density at radius 2 is 2.03 bits per heavy atom. The molecule has 2 aromatic rings. The third-order valence-electron chi connectivity index (χ3n) is 5.27. The summed E-state index contributed by atoms with van der Waals surface area (Å²) in [4.78, 5) is 21.3. The monoisotopic (exact) mass is 418 g/mol. The number of aromatic nitrogens is 1. The highest BCUT2D eigenvalue weighted by Gasteiger charge is 2.27. The number of nitrogens with one attached hydrogen (secondary N) is 1. The summed E-state index contributed by atoms with van der Waals surface area (Å²) in [5.74, 6) is 0.0669. The number of ether oxygens (including phenoxy) is 3. The van der Waals surface area contributed by atoms with Crippen molar-refractivity contribution in [3.63, 3.8) is 0 Å². The Hall–Kier alpha value is -2.16. The first-order valence-corrected chi connectivity index (χ1v) is 11.0. The molecule has 2 aliphatic heterocycles. The second-order valence-electron chi connectivity index (χ2n) is 7.55. The van der Waals surface area contributed by atoms with Crippen LogP contribution in [0.25, 0.3) is 10.2 Å². The summed E-state index contributed by atoms with van der Waals surface area (Å²) in [6, 6.07) is 4.25. The fraction of sp³-hybridized carbons (Fsp3) is 0.524. The van der Waals surface area contributed by atoms with Crippen LogP contribution in [0.4, 0.5) is 5.13 Å². The number of nitrogens with zero attached hydrogens (tertiary/aromatic N) is 2. The van der Waals surface area contributed by atoms with E-state index in [9.17, 15) is 4.79 Å². The number of thiazole rings is 1. The number of benzene rings is 1. The lowest BCUT2D eigenvalue weighted by Crippen LogP contribution is -3.14. The van der Waals surface area contributed by atoms with Crippen molar-refractivity contribution in [2.45, 2.75) is 20.3 Å². The number of amides is 1. The number of rotatable bonds is 6. The lowest BCUT2D eigenvalue weighted by molar-refractivity contribution is -0.908. The third kappa shape index (κ3) is 4.71. The smallest absolute Gasteiger partial charge is 0.298 e. The summed E-state index contributed by atoms with van der Waals surface area (Å²) in [6.45, 7) is 10.3. The fourth-order valence-electron chi connectivity index (χ4n) is 3.77. The van der Waals surface area contributed by atoms with Gasteiger partial charge in [0.1, 0.15) is 32.6 Å². The van der Waals surface area contributed by atoms with Crippen molar-refractivity contribution in [3.05, 3.63) is 35.3 Å². The van der Waals surface area contributed by atoms with Crippen LogP contribution in [0.15, 0.2) is 24.2 Å². The molecule has 1 aromatic carbocycles. The number of carbonyl (C=O) groups is 1. The molecule has 29 heavy (non-hydrogen) atoms. The molecule has 0 bridgehead atoms. The van der Waals surface area contributed by atoms with Crippen LogP contribution in [0.1, 0.15) is 17.5 Å². The van der Waals surface area contributed by atoms with Crippen molar-refractivity contribution in [2.24, 2.45) is 0 Å². The third-order valence-corrected chi connectivity index (χ3v) is 6.29. The minimum atomic E-state index is -0.185. The Morgan fingerprint density at radius 3 is 2.79 bits per heavy atom. The first-order chi connectivity index (χ1) is 14.1. The molecule has 7 nitrogen and oxygen atoms in total. The van der Waals surface area contributed by atoms with Gasteiger partial charge >= 0.3 is 0 Å². The average molecular weight is 419 g/mol. The number of aryl methyl sites for hydroxylation is 2. The molecule has 0 radical (unpaired) electrons. The van der Waals surface area contributed by atoms with Crippen molar-refractivity contribution in [1.82, 2.24) is 4.98 Å². The van der Waals surface area contributed by atoms with E-state index < -0.39 is 0 Å². The van der Waals surface area contributed by atoms with E-state index in [0.29, 0.717) is 24.9 Å². The van der Waals surface area contributed by atoms with E-state index in [4.69, 9.17) is 19.2 Å². The molecule has 2 aliphatic rings. The Morgan fingerprint density at radius 1 is 1.21 bits per heavy atom. The lowest BCUT2D eigenvalue weighted by Gasteiger charge is -2.26. The maximum Gasteiger partial charge on any atom is 0.298 e. The minimum Gasteiger partial charge on any atom is -0.494 e. The summed E-state index contributed by atoms with van der Waals surface area (Å²) < 4.78 is 17.4. The molecule has 1 aromatic heterocycles. The van der Waals surface area contributed by atoms with E-state index in [2.05, 4.69) is 26.0 Å². The highest BCUT2D eigenvalue weighted by Crippen LogP contribution is 2.32. The Kier molecular flexibility index (Phi) is 6.32. The van der Waals surface area contributed by atoms with Crippen LogP contribution < -0.4 is 9.80 Å². The lowest BCUT2D eigenvalue weighted by atomic mass is 10.1. The molecule has 0 spiro atoms. The van der Waals surface area contributed by atoms with Gasteiger partial charge in [-0.05, 0) is 31.0 Å². The second-order valence-corrected chi connectivity index (χ2v) is 8.56. The van der Waals surface area contributed by atoms with E-state index in [1.165, 1.54) is 16.7 Å². The maximum absolute atomic E-state index is 13.2. The fourth-order valence-corrected chi connectivity index (χ4v) is 4.94. The van der Waals surface area contributed by atoms with E-state index in [-0.39, 0.29) is 11.7 Å². The zero-order chi connectivity index (χ0) is 20.2. The van der Waals surface area contributed by atoms with Crippen LogP contribution in [0.5, 0.6) is 0 Å². The SMILES string of the molecule is Cc1cc(C)c2nc(N(CCC[NH+]3CCOCC3)C(=O)C3=COCCO3)sc2c1. The van der Waals surface area contributed by atoms with Crippen LogP contribution >= 0.6 is 11.3 Å². The maximum atomic E-state index is 13.2. The highest BCUT2D eigenvalue weighted by molar-refractivity contribution is 7.22. The number of carbonyl (C=O) groups excluding carboxylic acids is 1. The van der Waals surface area contributed by atoms with Gasteiger partial charge in [0.05, 0.1) is 30.0 Å². The quantitative estimate of drug-likeness (QED) is 0.769. The summed E-state index contributed by atoms with van der Waals surface area (Å²) in [7, 11) is 0. The van der Waals surface area contributed by atoms with Crippen LogP contribution in [0.3, 0.4) is 0 Å². The molecular formula is C21H28N3O4S+. The van der Waals surface area contributed by atoms with Gasteiger partial charge in [-0.1, -0.05) is 17.4 Å². The first kappa shape index (κ1) is 20.1. The molecule has 0 unspecified atom stereocenters. The van der Waals surface area contributed by atoms with Gasteiger partial charge in [-0.15, -0.1) is 0 Å². The first-order valence-electron chi connectivity index (χ1n) is 10.2. The van der Waals surface area contributed by atoms with Crippen molar-refractivity contribution in [1.29, 1.82) is 0 Å². The molecule has 1 N–H and O–H groups in total. The van der Waals surface area contributed by atoms with Crippen LogP contribution in [0, 0.1) is 13.8 Å². The second kappa shape index (κ2) is 9.11. The molecule has 1 saturated heterocycles. The van der Waals surface area contributed by atoms with E-state index in [1.54, 1.807) is 16.2 Å². The molecule has 4 rings (SSSR count). The average Bonchev–Trinajstić information content (AvgIpc) is 3.16. The summed E-state index contributed by atoms with van der Waals surface area (Å²) in [5.41, 5.74) is 3.29. The molecule has 156 valence electrons. The zero-order valence-corrected chi connectivity index (χ0v) is 17.8. The van der Waals surface area contributed by atoms with Crippen LogP contribution in [-0.4, -0.2) is 63.5 Å². The van der Waals surface area contributed by atoms with Gasteiger partial charge in [-0.25, -0.2) is 4.98 Å². The topological polar surface area (TPSA) is 65.3 Å². The molecular weight excluding hydrogens is 390 g/mol. The number of anilines is 1. The Bertz CT molecular complexity index is 905. The van der Waals surface area contributed by atoms with Crippen molar-refractivity contribution in [2.75, 3.05) is 57.5 Å².